The van der Waals surface area contributed by atoms with Gasteiger partial charge in [-0.2, -0.15) is 13.2 Å². The van der Waals surface area contributed by atoms with Gasteiger partial charge in [0.15, 0.2) is 0 Å². The summed E-state index contributed by atoms with van der Waals surface area (Å²) in [5, 5.41) is 3.42. The molecule has 1 unspecified atom stereocenters. The normalized spacial score (nSPS) is 23.0. The molecule has 1 aliphatic rings. The zero-order valence-corrected chi connectivity index (χ0v) is 12.4. The van der Waals surface area contributed by atoms with E-state index in [1.165, 1.54) is 6.07 Å². The van der Waals surface area contributed by atoms with Crippen LogP contribution in [0.5, 0.6) is 0 Å². The minimum absolute atomic E-state index is 0.204. The van der Waals surface area contributed by atoms with E-state index in [4.69, 9.17) is 0 Å². The van der Waals surface area contributed by atoms with Gasteiger partial charge in [0.25, 0.3) is 0 Å². The van der Waals surface area contributed by atoms with Crippen molar-refractivity contribution < 1.29 is 17.6 Å². The van der Waals surface area contributed by atoms with Crippen LogP contribution >= 0.6 is 0 Å². The molecule has 1 aromatic carbocycles. The Bertz CT molecular complexity index is 488. The highest BCUT2D eigenvalue weighted by molar-refractivity contribution is 5.28. The molecule has 1 atom stereocenters. The number of halogens is 4. The van der Waals surface area contributed by atoms with Crippen LogP contribution in [-0.2, 0) is 12.6 Å². The first-order chi connectivity index (χ1) is 9.70. The van der Waals surface area contributed by atoms with Crippen LogP contribution in [0.1, 0.15) is 44.2 Å². The predicted octanol–water partition coefficient (Wildman–Crippen LogP) is 4.56. The molecule has 0 radical (unpaired) electrons. The summed E-state index contributed by atoms with van der Waals surface area (Å²) in [5.74, 6) is -0.385. The van der Waals surface area contributed by atoms with Crippen molar-refractivity contribution in [2.24, 2.45) is 5.92 Å². The molecule has 1 fully saturated rings. The summed E-state index contributed by atoms with van der Waals surface area (Å²) < 4.78 is 51.9. The van der Waals surface area contributed by atoms with Gasteiger partial charge in [-0.15, -0.1) is 0 Å². The molecule has 0 amide bonds. The first kappa shape index (κ1) is 16.3. The van der Waals surface area contributed by atoms with Gasteiger partial charge in [-0.25, -0.2) is 4.39 Å². The van der Waals surface area contributed by atoms with E-state index in [1.54, 1.807) is 0 Å². The highest BCUT2D eigenvalue weighted by Gasteiger charge is 2.36. The zero-order chi connectivity index (χ0) is 15.7. The molecule has 5 heteroatoms. The van der Waals surface area contributed by atoms with Crippen LogP contribution in [0.15, 0.2) is 18.2 Å². The monoisotopic (exact) mass is 303 g/mol. The first-order valence-electron chi connectivity index (χ1n) is 7.32. The maximum absolute atomic E-state index is 13.5. The molecule has 0 aliphatic carbocycles. The predicted molar refractivity (Wildman–Crippen MR) is 74.5 cm³/mol. The number of nitrogens with one attached hydrogen (secondary N) is 1. The van der Waals surface area contributed by atoms with Gasteiger partial charge in [0, 0.05) is 5.54 Å². The van der Waals surface area contributed by atoms with E-state index in [0.29, 0.717) is 24.0 Å². The van der Waals surface area contributed by atoms with Gasteiger partial charge < -0.3 is 5.32 Å². The Morgan fingerprint density at radius 1 is 1.24 bits per heavy atom. The summed E-state index contributed by atoms with van der Waals surface area (Å²) in [7, 11) is 0. The van der Waals surface area contributed by atoms with Crippen LogP contribution in [0.25, 0.3) is 0 Å². The van der Waals surface area contributed by atoms with E-state index < -0.39 is 17.6 Å². The summed E-state index contributed by atoms with van der Waals surface area (Å²) in [5.41, 5.74) is -0.697. The molecule has 1 heterocycles. The van der Waals surface area contributed by atoms with Gasteiger partial charge in [-0.05, 0) is 61.9 Å². The topological polar surface area (TPSA) is 12.0 Å². The van der Waals surface area contributed by atoms with E-state index in [0.717, 1.165) is 31.9 Å². The molecule has 21 heavy (non-hydrogen) atoms. The number of hydrogen-bond acceptors (Lipinski definition) is 1. The molecule has 0 aromatic heterocycles. The van der Waals surface area contributed by atoms with Crippen molar-refractivity contribution in [3.63, 3.8) is 0 Å². The lowest BCUT2D eigenvalue weighted by Crippen LogP contribution is -2.43. The van der Waals surface area contributed by atoms with Gasteiger partial charge in [-0.1, -0.05) is 13.8 Å². The largest absolute Gasteiger partial charge is 0.416 e. The Labute approximate surface area is 122 Å². The van der Waals surface area contributed by atoms with E-state index in [-0.39, 0.29) is 5.54 Å². The van der Waals surface area contributed by atoms with Gasteiger partial charge in [0.05, 0.1) is 5.56 Å². The van der Waals surface area contributed by atoms with Gasteiger partial charge >= 0.3 is 6.18 Å². The standard InChI is InChI=1S/C16H21F4N/c1-11(2)9-15(4-3-5-21-15)10-12-6-13(16(18,19)20)8-14(17)7-12/h6-8,11,21H,3-5,9-10H2,1-2H3. The van der Waals surface area contributed by atoms with Crippen molar-refractivity contribution in [1.82, 2.24) is 5.32 Å². The van der Waals surface area contributed by atoms with Crippen LogP contribution in [0.3, 0.4) is 0 Å². The minimum Gasteiger partial charge on any atom is -0.311 e. The van der Waals surface area contributed by atoms with Crippen LogP contribution in [0.4, 0.5) is 17.6 Å². The number of rotatable bonds is 4. The Morgan fingerprint density at radius 2 is 1.95 bits per heavy atom. The smallest absolute Gasteiger partial charge is 0.311 e. The molecule has 1 saturated heterocycles. The highest BCUT2D eigenvalue weighted by Crippen LogP contribution is 2.34. The number of alkyl halides is 3. The summed E-state index contributed by atoms with van der Waals surface area (Å²) in [6.07, 6.45) is -1.26. The molecule has 118 valence electrons. The number of benzene rings is 1. The lowest BCUT2D eigenvalue weighted by atomic mass is 9.82. The lowest BCUT2D eigenvalue weighted by Gasteiger charge is -2.32. The molecule has 0 saturated carbocycles. The summed E-state index contributed by atoms with van der Waals surface area (Å²) >= 11 is 0. The van der Waals surface area contributed by atoms with Crippen molar-refractivity contribution in [3.8, 4) is 0 Å². The molecule has 1 aliphatic heterocycles. The quantitative estimate of drug-likeness (QED) is 0.804. The zero-order valence-electron chi connectivity index (χ0n) is 12.4. The molecule has 1 aromatic rings. The fourth-order valence-electron chi connectivity index (χ4n) is 3.35. The van der Waals surface area contributed by atoms with Crippen molar-refractivity contribution in [2.45, 2.75) is 51.2 Å². The Morgan fingerprint density at radius 3 is 2.48 bits per heavy atom. The van der Waals surface area contributed by atoms with E-state index in [1.807, 2.05) is 0 Å². The fraction of sp³-hybridized carbons (Fsp3) is 0.625. The maximum Gasteiger partial charge on any atom is 0.416 e. The Kier molecular flexibility index (Phi) is 4.61. The third-order valence-electron chi connectivity index (χ3n) is 3.96. The summed E-state index contributed by atoms with van der Waals surface area (Å²) in [4.78, 5) is 0. The average molecular weight is 303 g/mol. The number of hydrogen-bond donors (Lipinski definition) is 1. The van der Waals surface area contributed by atoms with Crippen molar-refractivity contribution >= 4 is 0 Å². The molecule has 1 nitrogen and oxygen atoms in total. The summed E-state index contributed by atoms with van der Waals surface area (Å²) in [6.45, 7) is 5.05. The Hall–Kier alpha value is -1.10. The minimum atomic E-state index is -4.51. The second-order valence-corrected chi connectivity index (χ2v) is 6.43. The third-order valence-corrected chi connectivity index (χ3v) is 3.96. The van der Waals surface area contributed by atoms with Crippen LogP contribution in [-0.4, -0.2) is 12.1 Å². The molecule has 1 N–H and O–H groups in total. The maximum atomic E-state index is 13.5. The second-order valence-electron chi connectivity index (χ2n) is 6.43. The van der Waals surface area contributed by atoms with Crippen molar-refractivity contribution in [3.05, 3.63) is 35.1 Å². The van der Waals surface area contributed by atoms with Gasteiger partial charge in [0.1, 0.15) is 5.82 Å². The molecular formula is C16H21F4N. The summed E-state index contributed by atoms with van der Waals surface area (Å²) in [6, 6.07) is 2.85. The van der Waals surface area contributed by atoms with Gasteiger partial charge in [-0.3, -0.25) is 0 Å². The molecular weight excluding hydrogens is 282 g/mol. The van der Waals surface area contributed by atoms with E-state index in [2.05, 4.69) is 19.2 Å². The van der Waals surface area contributed by atoms with Crippen molar-refractivity contribution in [1.29, 1.82) is 0 Å². The van der Waals surface area contributed by atoms with Crippen LogP contribution in [0.2, 0.25) is 0 Å². The van der Waals surface area contributed by atoms with Gasteiger partial charge in [0.2, 0.25) is 0 Å². The van der Waals surface area contributed by atoms with Crippen LogP contribution in [0, 0.1) is 11.7 Å². The highest BCUT2D eigenvalue weighted by atomic mass is 19.4. The van der Waals surface area contributed by atoms with E-state index >= 15 is 0 Å². The SMILES string of the molecule is CC(C)CC1(Cc2cc(F)cc(C(F)(F)F)c2)CCCN1. The Balaban J connectivity index is 2.27. The second kappa shape index (κ2) is 5.95. The molecule has 2 rings (SSSR count). The average Bonchev–Trinajstić information content (AvgIpc) is 2.74. The molecule has 0 bridgehead atoms. The van der Waals surface area contributed by atoms with Crippen molar-refractivity contribution in [2.75, 3.05) is 6.54 Å². The third kappa shape index (κ3) is 4.19. The van der Waals surface area contributed by atoms with E-state index in [9.17, 15) is 17.6 Å². The first-order valence-corrected chi connectivity index (χ1v) is 7.32. The van der Waals surface area contributed by atoms with Crippen LogP contribution < -0.4 is 5.32 Å². The fourth-order valence-corrected chi connectivity index (χ4v) is 3.35. The lowest BCUT2D eigenvalue weighted by molar-refractivity contribution is -0.137. The molecule has 0 spiro atoms.